The smallest absolute Gasteiger partial charge is 0.0459 e. The fourth-order valence-electron chi connectivity index (χ4n) is 0.891. The van der Waals surface area contributed by atoms with Gasteiger partial charge in [0.05, 0.1) is 0 Å². The molecular formula is C8H7ClI2. The molecule has 1 rings (SSSR count). The van der Waals surface area contributed by atoms with E-state index >= 15 is 0 Å². The lowest BCUT2D eigenvalue weighted by Crippen LogP contribution is -1.89. The summed E-state index contributed by atoms with van der Waals surface area (Å²) < 4.78 is 1.73. The highest BCUT2D eigenvalue weighted by atomic mass is 127. The van der Waals surface area contributed by atoms with E-state index in [1.165, 1.54) is 9.13 Å². The van der Waals surface area contributed by atoms with E-state index in [1.807, 2.05) is 12.1 Å². The van der Waals surface area contributed by atoms with E-state index in [4.69, 9.17) is 11.6 Å². The maximum absolute atomic E-state index is 6.01. The van der Waals surface area contributed by atoms with Crippen molar-refractivity contribution in [3.05, 3.63) is 32.4 Å². The van der Waals surface area contributed by atoms with Gasteiger partial charge in [-0.1, -0.05) is 40.3 Å². The van der Waals surface area contributed by atoms with E-state index in [1.54, 1.807) is 0 Å². The van der Waals surface area contributed by atoms with E-state index in [-0.39, 0.29) is 0 Å². The van der Waals surface area contributed by atoms with Gasteiger partial charge in [0.25, 0.3) is 0 Å². The van der Waals surface area contributed by atoms with Gasteiger partial charge in [-0.15, -0.1) is 0 Å². The van der Waals surface area contributed by atoms with Crippen molar-refractivity contribution in [2.24, 2.45) is 0 Å². The molecule has 60 valence electrons. The van der Waals surface area contributed by atoms with Crippen molar-refractivity contribution in [2.75, 3.05) is 0 Å². The van der Waals surface area contributed by atoms with Crippen LogP contribution in [-0.4, -0.2) is 0 Å². The molecule has 0 saturated carbocycles. The molecule has 0 N–H and O–H groups in total. The third-order valence-electron chi connectivity index (χ3n) is 1.40. The van der Waals surface area contributed by atoms with Crippen LogP contribution in [0.5, 0.6) is 0 Å². The Hall–Kier alpha value is 0.970. The lowest BCUT2D eigenvalue weighted by Gasteiger charge is -2.08. The molecule has 0 radical (unpaired) electrons. The van der Waals surface area contributed by atoms with Gasteiger partial charge in [-0.05, 0) is 47.2 Å². The van der Waals surface area contributed by atoms with Crippen LogP contribution in [0, 0.1) is 3.57 Å². The lowest BCUT2D eigenvalue weighted by atomic mass is 10.2. The highest BCUT2D eigenvalue weighted by molar-refractivity contribution is 14.1. The van der Waals surface area contributed by atoms with Crippen molar-refractivity contribution in [3.8, 4) is 0 Å². The Morgan fingerprint density at radius 3 is 2.45 bits per heavy atom. The summed E-state index contributed by atoms with van der Waals surface area (Å²) in [6, 6.07) is 6.00. The van der Waals surface area contributed by atoms with E-state index in [2.05, 4.69) is 58.2 Å². The Bertz CT molecular complexity index is 238. The molecule has 0 spiro atoms. The average Bonchev–Trinajstić information content (AvgIpc) is 1.85. The number of benzene rings is 1. The summed E-state index contributed by atoms with van der Waals surface area (Å²) in [4.78, 5) is 0. The molecule has 0 aliphatic heterocycles. The molecule has 3 heteroatoms. The van der Waals surface area contributed by atoms with E-state index in [0.29, 0.717) is 3.92 Å². The minimum Gasteiger partial charge on any atom is -0.0840 e. The number of rotatable bonds is 1. The Morgan fingerprint density at radius 2 is 2.09 bits per heavy atom. The first-order valence-corrected chi connectivity index (χ1v) is 5.91. The van der Waals surface area contributed by atoms with Crippen molar-refractivity contribution < 1.29 is 0 Å². The molecule has 0 amide bonds. The number of hydrogen-bond acceptors (Lipinski definition) is 0. The van der Waals surface area contributed by atoms with Gasteiger partial charge in [-0.25, -0.2) is 0 Å². The molecule has 0 fully saturated rings. The molecule has 1 aromatic carbocycles. The van der Waals surface area contributed by atoms with E-state index in [0.717, 1.165) is 5.02 Å². The fraction of sp³-hybridized carbons (Fsp3) is 0.250. The van der Waals surface area contributed by atoms with E-state index in [9.17, 15) is 0 Å². The van der Waals surface area contributed by atoms with Crippen LogP contribution in [0.1, 0.15) is 16.4 Å². The molecule has 0 heterocycles. The molecule has 1 atom stereocenters. The summed E-state index contributed by atoms with van der Waals surface area (Å²) in [5, 5.41) is 0.874. The molecule has 0 aromatic heterocycles. The van der Waals surface area contributed by atoms with Gasteiger partial charge in [0.15, 0.2) is 0 Å². The first kappa shape index (κ1) is 10.1. The van der Waals surface area contributed by atoms with Crippen LogP contribution in [0.3, 0.4) is 0 Å². The standard InChI is InChI=1S/C8H7ClI2/c1-5(10)8-6(9)3-2-4-7(8)11/h2-5H,1H3. The predicted octanol–water partition coefficient (Wildman–Crippen LogP) is 4.44. The molecule has 0 aliphatic carbocycles. The minimum atomic E-state index is 0.480. The third-order valence-corrected chi connectivity index (χ3v) is 3.29. The van der Waals surface area contributed by atoms with Crippen LogP contribution in [0.15, 0.2) is 18.2 Å². The van der Waals surface area contributed by atoms with Gasteiger partial charge in [0.1, 0.15) is 0 Å². The van der Waals surface area contributed by atoms with Gasteiger partial charge in [-0.2, -0.15) is 0 Å². The summed E-state index contributed by atoms with van der Waals surface area (Å²) >= 11 is 10.7. The quantitative estimate of drug-likeness (QED) is 0.490. The maximum atomic E-state index is 6.01. The number of halogens is 3. The predicted molar refractivity (Wildman–Crippen MR) is 66.6 cm³/mol. The van der Waals surface area contributed by atoms with Crippen molar-refractivity contribution in [1.82, 2.24) is 0 Å². The second-order valence-corrected chi connectivity index (χ2v) is 5.69. The normalized spacial score (nSPS) is 13.1. The summed E-state index contributed by atoms with van der Waals surface area (Å²) in [5.41, 5.74) is 1.25. The van der Waals surface area contributed by atoms with E-state index < -0.39 is 0 Å². The number of alkyl halides is 1. The topological polar surface area (TPSA) is 0 Å². The summed E-state index contributed by atoms with van der Waals surface area (Å²) in [7, 11) is 0. The fourth-order valence-corrected chi connectivity index (χ4v) is 3.80. The average molecular weight is 392 g/mol. The summed E-state index contributed by atoms with van der Waals surface area (Å²) in [5.74, 6) is 0. The highest BCUT2D eigenvalue weighted by Gasteiger charge is 2.08. The SMILES string of the molecule is CC(I)c1c(Cl)cccc1I. The van der Waals surface area contributed by atoms with Crippen molar-refractivity contribution >= 4 is 56.8 Å². The third kappa shape index (κ3) is 2.45. The van der Waals surface area contributed by atoms with Crippen molar-refractivity contribution in [3.63, 3.8) is 0 Å². The van der Waals surface area contributed by atoms with Crippen molar-refractivity contribution in [1.29, 1.82) is 0 Å². The Labute approximate surface area is 99.0 Å². The Kier molecular flexibility index (Phi) is 3.91. The Balaban J connectivity index is 3.21. The van der Waals surface area contributed by atoms with Crippen LogP contribution in [-0.2, 0) is 0 Å². The lowest BCUT2D eigenvalue weighted by molar-refractivity contribution is 1.13. The summed E-state index contributed by atoms with van der Waals surface area (Å²) in [6.07, 6.45) is 0. The molecule has 0 nitrogen and oxygen atoms in total. The largest absolute Gasteiger partial charge is 0.0840 e. The van der Waals surface area contributed by atoms with Gasteiger partial charge >= 0.3 is 0 Å². The first-order chi connectivity index (χ1) is 5.13. The number of hydrogen-bond donors (Lipinski definition) is 0. The second kappa shape index (κ2) is 4.28. The van der Waals surface area contributed by atoms with Crippen LogP contribution < -0.4 is 0 Å². The zero-order chi connectivity index (χ0) is 8.43. The monoisotopic (exact) mass is 392 g/mol. The zero-order valence-corrected chi connectivity index (χ0v) is 11.0. The second-order valence-electron chi connectivity index (χ2n) is 2.25. The highest BCUT2D eigenvalue weighted by Crippen LogP contribution is 2.32. The molecule has 0 aliphatic rings. The molecule has 1 unspecified atom stereocenters. The van der Waals surface area contributed by atoms with Crippen LogP contribution in [0.2, 0.25) is 5.02 Å². The van der Waals surface area contributed by atoms with Crippen LogP contribution >= 0.6 is 56.8 Å². The molecule has 1 aromatic rings. The molecule has 0 bridgehead atoms. The molecular weight excluding hydrogens is 385 g/mol. The molecule has 11 heavy (non-hydrogen) atoms. The summed E-state index contributed by atoms with van der Waals surface area (Å²) in [6.45, 7) is 2.14. The minimum absolute atomic E-state index is 0.480. The van der Waals surface area contributed by atoms with Gasteiger partial charge < -0.3 is 0 Å². The molecule has 0 saturated heterocycles. The zero-order valence-electron chi connectivity index (χ0n) is 5.94. The first-order valence-electron chi connectivity index (χ1n) is 3.21. The van der Waals surface area contributed by atoms with Crippen molar-refractivity contribution in [2.45, 2.75) is 10.8 Å². The van der Waals surface area contributed by atoms with Crippen LogP contribution in [0.4, 0.5) is 0 Å². The van der Waals surface area contributed by atoms with Gasteiger partial charge in [0.2, 0.25) is 0 Å². The van der Waals surface area contributed by atoms with Gasteiger partial charge in [0, 0.05) is 12.5 Å². The van der Waals surface area contributed by atoms with Crippen LogP contribution in [0.25, 0.3) is 0 Å². The maximum Gasteiger partial charge on any atom is 0.0459 e. The Morgan fingerprint density at radius 1 is 1.45 bits per heavy atom. The van der Waals surface area contributed by atoms with Gasteiger partial charge in [-0.3, -0.25) is 0 Å².